The largest absolute Gasteiger partial charge is 0.353 e. The second kappa shape index (κ2) is 6.22. The fourth-order valence-electron chi connectivity index (χ4n) is 3.25. The van der Waals surface area contributed by atoms with Crippen molar-refractivity contribution in [1.82, 2.24) is 14.8 Å². The minimum atomic E-state index is 0.0147. The quantitative estimate of drug-likeness (QED) is 0.907. The topological polar surface area (TPSA) is 37.3 Å². The molecule has 5 heteroatoms. The SMILES string of the molecule is Cn1cccc1C1CCCCCN1C(=O)C1CSCN1. The summed E-state index contributed by atoms with van der Waals surface area (Å²) >= 11 is 1.82. The van der Waals surface area contributed by atoms with Crippen molar-refractivity contribution >= 4 is 17.7 Å². The van der Waals surface area contributed by atoms with Crippen LogP contribution in [0.1, 0.15) is 37.4 Å². The lowest BCUT2D eigenvalue weighted by molar-refractivity contribution is -0.135. The van der Waals surface area contributed by atoms with E-state index in [-0.39, 0.29) is 12.1 Å². The Morgan fingerprint density at radius 3 is 3.00 bits per heavy atom. The third-order valence-electron chi connectivity index (χ3n) is 4.38. The Hall–Kier alpha value is -0.940. The van der Waals surface area contributed by atoms with Gasteiger partial charge in [-0.3, -0.25) is 10.1 Å². The van der Waals surface area contributed by atoms with E-state index in [9.17, 15) is 4.79 Å². The summed E-state index contributed by atoms with van der Waals surface area (Å²) in [5, 5.41) is 3.32. The molecule has 0 spiro atoms. The van der Waals surface area contributed by atoms with Crippen LogP contribution in [0.4, 0.5) is 0 Å². The summed E-state index contributed by atoms with van der Waals surface area (Å²) in [6.45, 7) is 0.900. The third-order valence-corrected chi connectivity index (χ3v) is 5.32. The number of hydrogen-bond donors (Lipinski definition) is 1. The third kappa shape index (κ3) is 2.74. The van der Waals surface area contributed by atoms with Gasteiger partial charge in [-0.05, 0) is 25.0 Å². The zero-order valence-corrected chi connectivity index (χ0v) is 12.9. The van der Waals surface area contributed by atoms with Gasteiger partial charge in [-0.2, -0.15) is 0 Å². The van der Waals surface area contributed by atoms with Crippen LogP contribution in [0, 0.1) is 0 Å². The predicted molar refractivity (Wildman–Crippen MR) is 82.6 cm³/mol. The molecule has 2 fully saturated rings. The van der Waals surface area contributed by atoms with Gasteiger partial charge in [0.05, 0.1) is 12.1 Å². The van der Waals surface area contributed by atoms with Crippen LogP contribution in [0.5, 0.6) is 0 Å². The molecule has 1 N–H and O–H groups in total. The Morgan fingerprint density at radius 2 is 2.30 bits per heavy atom. The van der Waals surface area contributed by atoms with Crippen molar-refractivity contribution in [1.29, 1.82) is 0 Å². The molecule has 4 nitrogen and oxygen atoms in total. The lowest BCUT2D eigenvalue weighted by Gasteiger charge is -2.32. The zero-order valence-electron chi connectivity index (χ0n) is 12.0. The van der Waals surface area contributed by atoms with Crippen LogP contribution in [-0.2, 0) is 11.8 Å². The normalized spacial score (nSPS) is 27.6. The molecule has 1 aromatic heterocycles. The van der Waals surface area contributed by atoms with Crippen molar-refractivity contribution in [3.8, 4) is 0 Å². The van der Waals surface area contributed by atoms with Crippen LogP contribution in [-0.4, -0.2) is 39.6 Å². The molecule has 20 heavy (non-hydrogen) atoms. The van der Waals surface area contributed by atoms with E-state index in [1.54, 1.807) is 0 Å². The standard InChI is InChI=1S/C15H23N3OS/c1-17-8-5-7-13(17)14-6-3-2-4-9-18(14)15(19)12-10-20-11-16-12/h5,7-8,12,14,16H,2-4,6,9-11H2,1H3. The number of aromatic nitrogens is 1. The Kier molecular flexibility index (Phi) is 4.36. The molecule has 2 saturated heterocycles. The Balaban J connectivity index is 1.84. The number of aryl methyl sites for hydroxylation is 1. The van der Waals surface area contributed by atoms with Crippen molar-refractivity contribution in [2.75, 3.05) is 18.2 Å². The Morgan fingerprint density at radius 1 is 1.40 bits per heavy atom. The smallest absolute Gasteiger partial charge is 0.241 e. The monoisotopic (exact) mass is 293 g/mol. The van der Waals surface area contributed by atoms with Crippen molar-refractivity contribution in [3.05, 3.63) is 24.0 Å². The van der Waals surface area contributed by atoms with Crippen molar-refractivity contribution in [2.45, 2.75) is 37.8 Å². The van der Waals surface area contributed by atoms with Gasteiger partial charge in [-0.1, -0.05) is 12.8 Å². The minimum Gasteiger partial charge on any atom is -0.353 e. The molecular weight excluding hydrogens is 270 g/mol. The van der Waals surface area contributed by atoms with E-state index in [1.165, 1.54) is 18.5 Å². The number of amides is 1. The van der Waals surface area contributed by atoms with Gasteiger partial charge >= 0.3 is 0 Å². The molecule has 0 aromatic carbocycles. The average Bonchev–Trinajstić information content (AvgIpc) is 3.05. The molecule has 1 amide bonds. The summed E-state index contributed by atoms with van der Waals surface area (Å²) in [5.74, 6) is 2.11. The molecule has 0 aliphatic carbocycles. The number of rotatable bonds is 2. The van der Waals surface area contributed by atoms with E-state index in [0.29, 0.717) is 5.91 Å². The van der Waals surface area contributed by atoms with Gasteiger partial charge in [0.15, 0.2) is 0 Å². The zero-order chi connectivity index (χ0) is 13.9. The first-order valence-corrected chi connectivity index (χ1v) is 8.65. The molecule has 2 aliphatic rings. The van der Waals surface area contributed by atoms with E-state index >= 15 is 0 Å². The first-order chi connectivity index (χ1) is 9.77. The highest BCUT2D eigenvalue weighted by molar-refractivity contribution is 7.99. The second-order valence-electron chi connectivity index (χ2n) is 5.71. The Labute approximate surface area is 124 Å². The van der Waals surface area contributed by atoms with Gasteiger partial charge in [0.25, 0.3) is 0 Å². The average molecular weight is 293 g/mol. The van der Waals surface area contributed by atoms with Crippen molar-refractivity contribution in [2.24, 2.45) is 7.05 Å². The van der Waals surface area contributed by atoms with E-state index in [1.807, 2.05) is 11.8 Å². The number of nitrogens with one attached hydrogen (secondary N) is 1. The first-order valence-electron chi connectivity index (χ1n) is 7.50. The number of thioether (sulfide) groups is 1. The van der Waals surface area contributed by atoms with E-state index in [4.69, 9.17) is 0 Å². The van der Waals surface area contributed by atoms with Gasteiger partial charge in [-0.25, -0.2) is 0 Å². The Bertz CT molecular complexity index is 467. The molecule has 110 valence electrons. The first kappa shape index (κ1) is 14.0. The molecule has 0 bridgehead atoms. The molecule has 3 heterocycles. The molecular formula is C15H23N3OS. The molecule has 2 unspecified atom stereocenters. The number of hydrogen-bond acceptors (Lipinski definition) is 3. The molecule has 0 saturated carbocycles. The van der Waals surface area contributed by atoms with Gasteiger partial charge in [0.2, 0.25) is 5.91 Å². The number of likely N-dealkylation sites (tertiary alicyclic amines) is 1. The summed E-state index contributed by atoms with van der Waals surface area (Å²) in [6, 6.07) is 4.50. The van der Waals surface area contributed by atoms with Gasteiger partial charge < -0.3 is 9.47 Å². The van der Waals surface area contributed by atoms with Crippen LogP contribution in [0.25, 0.3) is 0 Å². The number of carbonyl (C=O) groups is 1. The van der Waals surface area contributed by atoms with Crippen LogP contribution < -0.4 is 5.32 Å². The highest BCUT2D eigenvalue weighted by Crippen LogP contribution is 2.31. The number of nitrogens with zero attached hydrogens (tertiary/aromatic N) is 2. The number of carbonyl (C=O) groups excluding carboxylic acids is 1. The van der Waals surface area contributed by atoms with Crippen LogP contribution in [0.2, 0.25) is 0 Å². The molecule has 1 aromatic rings. The van der Waals surface area contributed by atoms with Gasteiger partial charge in [0, 0.05) is 37.1 Å². The fourth-order valence-corrected chi connectivity index (χ4v) is 4.19. The summed E-state index contributed by atoms with van der Waals surface area (Å²) in [6.07, 6.45) is 6.74. The highest BCUT2D eigenvalue weighted by Gasteiger charge is 2.33. The van der Waals surface area contributed by atoms with Crippen LogP contribution >= 0.6 is 11.8 Å². The van der Waals surface area contributed by atoms with E-state index in [2.05, 4.69) is 40.2 Å². The molecule has 0 radical (unpaired) electrons. The highest BCUT2D eigenvalue weighted by atomic mass is 32.2. The molecule has 2 atom stereocenters. The van der Waals surface area contributed by atoms with E-state index < -0.39 is 0 Å². The maximum atomic E-state index is 12.8. The second-order valence-corrected chi connectivity index (χ2v) is 6.74. The van der Waals surface area contributed by atoms with Crippen LogP contribution in [0.15, 0.2) is 18.3 Å². The van der Waals surface area contributed by atoms with Crippen LogP contribution in [0.3, 0.4) is 0 Å². The predicted octanol–water partition coefficient (Wildman–Crippen LogP) is 2.13. The summed E-state index contributed by atoms with van der Waals surface area (Å²) in [7, 11) is 2.08. The summed E-state index contributed by atoms with van der Waals surface area (Å²) < 4.78 is 2.16. The van der Waals surface area contributed by atoms with Crippen molar-refractivity contribution < 1.29 is 4.79 Å². The lowest BCUT2D eigenvalue weighted by atomic mass is 10.1. The summed E-state index contributed by atoms with van der Waals surface area (Å²) in [5.41, 5.74) is 1.27. The van der Waals surface area contributed by atoms with E-state index in [0.717, 1.165) is 31.0 Å². The molecule has 2 aliphatic heterocycles. The lowest BCUT2D eigenvalue weighted by Crippen LogP contribution is -2.46. The minimum absolute atomic E-state index is 0.0147. The maximum Gasteiger partial charge on any atom is 0.241 e. The fraction of sp³-hybridized carbons (Fsp3) is 0.667. The maximum absolute atomic E-state index is 12.8. The van der Waals surface area contributed by atoms with Gasteiger partial charge in [0.1, 0.15) is 0 Å². The van der Waals surface area contributed by atoms with Crippen molar-refractivity contribution in [3.63, 3.8) is 0 Å². The summed E-state index contributed by atoms with van der Waals surface area (Å²) in [4.78, 5) is 14.9. The van der Waals surface area contributed by atoms with Gasteiger partial charge in [-0.15, -0.1) is 11.8 Å². The molecule has 3 rings (SSSR count).